The number of methoxy groups -OCH3 is 1. The fourth-order valence-corrected chi connectivity index (χ4v) is 5.28. The van der Waals surface area contributed by atoms with Gasteiger partial charge in [-0.1, -0.05) is 11.6 Å². The molecule has 2 saturated carbocycles. The fraction of sp³-hybridized carbons (Fsp3) is 0.467. The van der Waals surface area contributed by atoms with Crippen LogP contribution < -0.4 is 20.1 Å². The van der Waals surface area contributed by atoms with Crippen molar-refractivity contribution >= 4 is 35.1 Å². The third kappa shape index (κ3) is 6.34. The zero-order chi connectivity index (χ0) is 29.2. The monoisotopic (exact) mass is 567 g/mol. The first-order valence-corrected chi connectivity index (χ1v) is 13.7. The average molecular weight is 568 g/mol. The molecule has 40 heavy (non-hydrogen) atoms. The first-order valence-electron chi connectivity index (χ1n) is 13.3. The van der Waals surface area contributed by atoms with Crippen molar-refractivity contribution in [1.29, 1.82) is 5.26 Å². The van der Waals surface area contributed by atoms with Crippen molar-refractivity contribution in [2.24, 2.45) is 11.3 Å². The first kappa shape index (κ1) is 29.2. The summed E-state index contributed by atoms with van der Waals surface area (Å²) in [6.45, 7) is 5.68. The van der Waals surface area contributed by atoms with Gasteiger partial charge in [-0.05, 0) is 89.5 Å². The van der Waals surface area contributed by atoms with Gasteiger partial charge in [0.15, 0.2) is 0 Å². The molecule has 2 fully saturated rings. The lowest BCUT2D eigenvalue weighted by Crippen LogP contribution is -2.45. The van der Waals surface area contributed by atoms with E-state index in [4.69, 9.17) is 21.1 Å². The van der Waals surface area contributed by atoms with Gasteiger partial charge in [0.1, 0.15) is 17.6 Å². The molecular formula is C30H34ClN3O6. The summed E-state index contributed by atoms with van der Waals surface area (Å²) in [6, 6.07) is 9.61. The van der Waals surface area contributed by atoms with Gasteiger partial charge < -0.3 is 25.2 Å². The summed E-state index contributed by atoms with van der Waals surface area (Å²) in [5, 5.41) is 25.4. The second-order valence-corrected chi connectivity index (χ2v) is 11.9. The minimum Gasteiger partial charge on any atom is -0.496 e. The Bertz CT molecular complexity index is 1370. The Morgan fingerprint density at radius 1 is 1.05 bits per heavy atom. The van der Waals surface area contributed by atoms with E-state index in [0.29, 0.717) is 36.6 Å². The van der Waals surface area contributed by atoms with Crippen LogP contribution in [0.4, 0.5) is 5.69 Å². The van der Waals surface area contributed by atoms with E-state index in [1.165, 1.54) is 25.3 Å². The minimum absolute atomic E-state index is 0.104. The number of amides is 2. The molecule has 0 atom stereocenters. The molecular weight excluding hydrogens is 534 g/mol. The molecule has 0 aromatic heterocycles. The highest BCUT2D eigenvalue weighted by Crippen LogP contribution is 2.40. The topological polar surface area (TPSA) is 138 Å². The number of aliphatic carboxylic acids is 1. The molecule has 212 valence electrons. The Kier molecular flexibility index (Phi) is 8.31. The number of nitriles is 1. The van der Waals surface area contributed by atoms with E-state index in [1.807, 2.05) is 13.8 Å². The number of halogens is 1. The number of rotatable bonds is 9. The van der Waals surface area contributed by atoms with Gasteiger partial charge in [-0.2, -0.15) is 5.26 Å². The van der Waals surface area contributed by atoms with Crippen molar-refractivity contribution in [3.63, 3.8) is 0 Å². The maximum absolute atomic E-state index is 13.5. The lowest BCUT2D eigenvalue weighted by molar-refractivity contribution is -0.150. The number of benzene rings is 2. The number of ether oxygens (including phenoxy) is 2. The van der Waals surface area contributed by atoms with Crippen LogP contribution in [0.1, 0.15) is 85.6 Å². The van der Waals surface area contributed by atoms with Crippen molar-refractivity contribution in [3.8, 4) is 17.6 Å². The lowest BCUT2D eigenvalue weighted by atomic mass is 9.75. The predicted molar refractivity (Wildman–Crippen MR) is 150 cm³/mol. The molecule has 2 aromatic rings. The molecule has 2 aliphatic carbocycles. The van der Waals surface area contributed by atoms with E-state index in [9.17, 15) is 24.8 Å². The number of carbonyl (C=O) groups is 3. The van der Waals surface area contributed by atoms with E-state index in [0.717, 1.165) is 12.8 Å². The summed E-state index contributed by atoms with van der Waals surface area (Å²) in [7, 11) is 1.39. The van der Waals surface area contributed by atoms with Gasteiger partial charge in [-0.3, -0.25) is 14.4 Å². The molecule has 0 aliphatic heterocycles. The number of carbonyl (C=O) groups excluding carboxylic acids is 2. The second kappa shape index (κ2) is 11.4. The van der Waals surface area contributed by atoms with Crippen LogP contribution in [0, 0.1) is 22.7 Å². The number of carboxylic acid groups (broad SMARTS) is 1. The molecule has 4 rings (SSSR count). The summed E-state index contributed by atoms with van der Waals surface area (Å²) in [5.74, 6) is -0.974. The standard InChI is InChI=1S/C30H34ClN3O6/c1-29(2,18-5-6-18)34-27(36)21-8-7-19(31)14-23(21)33-26(35)22-15-24(17(16-32)13-25(22)39-4)40-20-9-11-30(3,12-10-20)28(37)38/h7-8,13-15,18,20H,5-6,9-12H2,1-4H3,(H,33,35)(H,34,36)(H,37,38)/t20-,30+. The Morgan fingerprint density at radius 3 is 2.30 bits per heavy atom. The van der Waals surface area contributed by atoms with Gasteiger partial charge >= 0.3 is 5.97 Å². The molecule has 9 nitrogen and oxygen atoms in total. The summed E-state index contributed by atoms with van der Waals surface area (Å²) >= 11 is 6.22. The molecule has 0 unspecified atom stereocenters. The van der Waals surface area contributed by atoms with Crippen LogP contribution in [-0.2, 0) is 4.79 Å². The van der Waals surface area contributed by atoms with Crippen LogP contribution >= 0.6 is 11.6 Å². The molecule has 0 saturated heterocycles. The van der Waals surface area contributed by atoms with Gasteiger partial charge in [-0.15, -0.1) is 0 Å². The van der Waals surface area contributed by atoms with Crippen LogP contribution in [0.3, 0.4) is 0 Å². The number of hydrogen-bond donors (Lipinski definition) is 3. The van der Waals surface area contributed by atoms with Gasteiger partial charge in [0.05, 0.1) is 41.0 Å². The van der Waals surface area contributed by atoms with Crippen LogP contribution in [-0.4, -0.2) is 41.6 Å². The summed E-state index contributed by atoms with van der Waals surface area (Å²) in [6.07, 6.45) is 3.69. The maximum Gasteiger partial charge on any atom is 0.309 e. The highest BCUT2D eigenvalue weighted by Gasteiger charge is 2.40. The largest absolute Gasteiger partial charge is 0.496 e. The van der Waals surface area contributed by atoms with Crippen LogP contribution in [0.5, 0.6) is 11.5 Å². The molecule has 2 aromatic carbocycles. The van der Waals surface area contributed by atoms with Crippen LogP contribution in [0.25, 0.3) is 0 Å². The number of nitrogens with one attached hydrogen (secondary N) is 2. The van der Waals surface area contributed by atoms with Crippen molar-refractivity contribution < 1.29 is 29.0 Å². The maximum atomic E-state index is 13.5. The van der Waals surface area contributed by atoms with Crippen molar-refractivity contribution in [2.45, 2.75) is 70.9 Å². The van der Waals surface area contributed by atoms with E-state index >= 15 is 0 Å². The Balaban J connectivity index is 1.58. The van der Waals surface area contributed by atoms with Gasteiger partial charge in [0, 0.05) is 16.6 Å². The van der Waals surface area contributed by atoms with Crippen LogP contribution in [0.15, 0.2) is 30.3 Å². The predicted octanol–water partition coefficient (Wildman–Crippen LogP) is 5.80. The van der Waals surface area contributed by atoms with E-state index in [2.05, 4.69) is 16.7 Å². The van der Waals surface area contributed by atoms with Crippen molar-refractivity contribution in [2.75, 3.05) is 12.4 Å². The average Bonchev–Trinajstić information content (AvgIpc) is 3.76. The normalized spacial score (nSPS) is 20.6. The van der Waals surface area contributed by atoms with Gasteiger partial charge in [0.2, 0.25) is 0 Å². The van der Waals surface area contributed by atoms with E-state index < -0.39 is 17.3 Å². The quantitative estimate of drug-likeness (QED) is 0.348. The Morgan fingerprint density at radius 2 is 1.73 bits per heavy atom. The van der Waals surface area contributed by atoms with Gasteiger partial charge in [-0.25, -0.2) is 0 Å². The SMILES string of the molecule is COc1cc(C#N)c(O[C@H]2CC[C@@](C)(C(=O)O)CC2)cc1C(=O)Nc1cc(Cl)ccc1C(=O)NC(C)(C)C1CC1. The molecule has 0 radical (unpaired) electrons. The summed E-state index contributed by atoms with van der Waals surface area (Å²) in [5.41, 5.74) is -0.411. The Labute approximate surface area is 238 Å². The molecule has 2 amide bonds. The second-order valence-electron chi connectivity index (χ2n) is 11.4. The van der Waals surface area contributed by atoms with Crippen LogP contribution in [0.2, 0.25) is 5.02 Å². The van der Waals surface area contributed by atoms with Crippen molar-refractivity contribution in [3.05, 3.63) is 52.0 Å². The third-order valence-corrected chi connectivity index (χ3v) is 8.26. The summed E-state index contributed by atoms with van der Waals surface area (Å²) < 4.78 is 11.5. The molecule has 0 spiro atoms. The fourth-order valence-electron chi connectivity index (χ4n) is 5.11. The third-order valence-electron chi connectivity index (χ3n) is 8.02. The van der Waals surface area contributed by atoms with E-state index in [1.54, 1.807) is 19.1 Å². The smallest absolute Gasteiger partial charge is 0.309 e. The lowest BCUT2D eigenvalue weighted by Gasteiger charge is -2.34. The number of nitrogens with zero attached hydrogens (tertiary/aromatic N) is 1. The Hall–Kier alpha value is -3.77. The molecule has 0 bridgehead atoms. The number of anilines is 1. The minimum atomic E-state index is -0.836. The van der Waals surface area contributed by atoms with Crippen molar-refractivity contribution in [1.82, 2.24) is 5.32 Å². The number of carboxylic acids is 1. The zero-order valence-electron chi connectivity index (χ0n) is 23.1. The molecule has 2 aliphatic rings. The zero-order valence-corrected chi connectivity index (χ0v) is 23.9. The first-order chi connectivity index (χ1) is 18.9. The number of hydrogen-bond acceptors (Lipinski definition) is 6. The van der Waals surface area contributed by atoms with E-state index in [-0.39, 0.29) is 51.4 Å². The molecule has 10 heteroatoms. The highest BCUT2D eigenvalue weighted by atomic mass is 35.5. The van der Waals surface area contributed by atoms with Gasteiger partial charge in [0.25, 0.3) is 11.8 Å². The molecule has 3 N–H and O–H groups in total. The summed E-state index contributed by atoms with van der Waals surface area (Å²) in [4.78, 5) is 38.3. The highest BCUT2D eigenvalue weighted by molar-refractivity contribution is 6.31. The molecule has 0 heterocycles.